The summed E-state index contributed by atoms with van der Waals surface area (Å²) in [6.45, 7) is 4.19. The third-order valence-corrected chi connectivity index (χ3v) is 5.06. The van der Waals surface area contributed by atoms with Crippen LogP contribution < -0.4 is 5.32 Å². The first-order valence-electron chi connectivity index (χ1n) is 9.59. The summed E-state index contributed by atoms with van der Waals surface area (Å²) < 4.78 is 6.56. The molecule has 1 N–H and O–H groups in total. The first kappa shape index (κ1) is 20.0. The Hall–Kier alpha value is -2.74. The average molecular weight is 385 g/mol. The molecule has 0 radical (unpaired) electrons. The Labute approximate surface area is 164 Å². The number of aryl methyl sites for hydroxylation is 1. The van der Waals surface area contributed by atoms with Gasteiger partial charge in [0.2, 0.25) is 5.91 Å². The van der Waals surface area contributed by atoms with Gasteiger partial charge in [-0.15, -0.1) is 5.10 Å². The van der Waals surface area contributed by atoms with Crippen molar-refractivity contribution in [3.8, 4) is 0 Å². The SMILES string of the molecule is COCCNC(=O)c1cn(CC2CCCN2C(=O)Cc2ccccc2C)nn1. The van der Waals surface area contributed by atoms with Gasteiger partial charge in [-0.3, -0.25) is 9.59 Å². The normalized spacial score (nSPS) is 16.4. The van der Waals surface area contributed by atoms with Crippen molar-refractivity contribution in [1.82, 2.24) is 25.2 Å². The topological polar surface area (TPSA) is 89.4 Å². The summed E-state index contributed by atoms with van der Waals surface area (Å²) >= 11 is 0. The number of hydrogen-bond donors (Lipinski definition) is 1. The van der Waals surface area contributed by atoms with Crippen molar-refractivity contribution < 1.29 is 14.3 Å². The third-order valence-electron chi connectivity index (χ3n) is 5.06. The van der Waals surface area contributed by atoms with Gasteiger partial charge in [0.15, 0.2) is 5.69 Å². The van der Waals surface area contributed by atoms with Gasteiger partial charge in [-0.1, -0.05) is 29.5 Å². The van der Waals surface area contributed by atoms with Crippen LogP contribution in [0.15, 0.2) is 30.5 Å². The first-order valence-corrected chi connectivity index (χ1v) is 9.59. The largest absolute Gasteiger partial charge is 0.383 e. The van der Waals surface area contributed by atoms with Crippen LogP contribution in [0.5, 0.6) is 0 Å². The monoisotopic (exact) mass is 385 g/mol. The van der Waals surface area contributed by atoms with Crippen LogP contribution in [0.25, 0.3) is 0 Å². The zero-order valence-corrected chi connectivity index (χ0v) is 16.4. The fourth-order valence-electron chi connectivity index (χ4n) is 3.49. The summed E-state index contributed by atoms with van der Waals surface area (Å²) in [5.74, 6) is -0.142. The van der Waals surface area contributed by atoms with E-state index in [0.717, 1.165) is 30.5 Å². The average Bonchev–Trinajstić information content (AvgIpc) is 3.34. The zero-order valence-electron chi connectivity index (χ0n) is 16.4. The van der Waals surface area contributed by atoms with Crippen molar-refractivity contribution >= 4 is 11.8 Å². The van der Waals surface area contributed by atoms with Gasteiger partial charge in [-0.05, 0) is 30.9 Å². The summed E-state index contributed by atoms with van der Waals surface area (Å²) in [4.78, 5) is 26.8. The lowest BCUT2D eigenvalue weighted by Gasteiger charge is -2.25. The Bertz CT molecular complexity index is 820. The van der Waals surface area contributed by atoms with Crippen molar-refractivity contribution in [3.63, 3.8) is 0 Å². The molecule has 2 heterocycles. The van der Waals surface area contributed by atoms with Crippen molar-refractivity contribution in [2.75, 3.05) is 26.8 Å². The van der Waals surface area contributed by atoms with E-state index in [0.29, 0.717) is 26.1 Å². The van der Waals surface area contributed by atoms with Gasteiger partial charge in [0.25, 0.3) is 5.91 Å². The zero-order chi connectivity index (χ0) is 19.9. The molecule has 1 aromatic carbocycles. The maximum absolute atomic E-state index is 12.8. The molecule has 150 valence electrons. The van der Waals surface area contributed by atoms with E-state index < -0.39 is 0 Å². The molecule has 2 aromatic rings. The molecular weight excluding hydrogens is 358 g/mol. The number of nitrogens with zero attached hydrogens (tertiary/aromatic N) is 4. The van der Waals surface area contributed by atoms with Crippen molar-refractivity contribution in [3.05, 3.63) is 47.3 Å². The van der Waals surface area contributed by atoms with Gasteiger partial charge in [0.1, 0.15) is 0 Å². The molecule has 1 saturated heterocycles. The highest BCUT2D eigenvalue weighted by molar-refractivity contribution is 5.91. The fraction of sp³-hybridized carbons (Fsp3) is 0.500. The number of carbonyl (C=O) groups is 2. The van der Waals surface area contributed by atoms with Gasteiger partial charge in [0, 0.05) is 20.2 Å². The molecule has 1 fully saturated rings. The van der Waals surface area contributed by atoms with Gasteiger partial charge in [-0.2, -0.15) is 0 Å². The Kier molecular flexibility index (Phi) is 6.76. The highest BCUT2D eigenvalue weighted by atomic mass is 16.5. The van der Waals surface area contributed by atoms with E-state index in [9.17, 15) is 9.59 Å². The van der Waals surface area contributed by atoms with Gasteiger partial charge in [0.05, 0.1) is 31.8 Å². The molecule has 8 heteroatoms. The van der Waals surface area contributed by atoms with Gasteiger partial charge < -0.3 is 15.0 Å². The van der Waals surface area contributed by atoms with Crippen molar-refractivity contribution in [2.45, 2.75) is 38.8 Å². The molecule has 1 atom stereocenters. The molecule has 0 aliphatic carbocycles. The van der Waals surface area contributed by atoms with Crippen LogP contribution in [0.4, 0.5) is 0 Å². The molecule has 1 aromatic heterocycles. The Morgan fingerprint density at radius 2 is 2.14 bits per heavy atom. The maximum atomic E-state index is 12.8. The summed E-state index contributed by atoms with van der Waals surface area (Å²) in [7, 11) is 1.58. The van der Waals surface area contributed by atoms with Crippen LogP contribution in [-0.4, -0.2) is 64.6 Å². The fourth-order valence-corrected chi connectivity index (χ4v) is 3.49. The number of amides is 2. The minimum atomic E-state index is -0.276. The molecule has 8 nitrogen and oxygen atoms in total. The lowest BCUT2D eigenvalue weighted by atomic mass is 10.1. The highest BCUT2D eigenvalue weighted by Crippen LogP contribution is 2.21. The number of likely N-dealkylation sites (tertiary alicyclic amines) is 1. The lowest BCUT2D eigenvalue weighted by molar-refractivity contribution is -0.131. The number of hydrogen-bond acceptors (Lipinski definition) is 5. The minimum Gasteiger partial charge on any atom is -0.383 e. The molecule has 0 spiro atoms. The molecule has 2 amide bonds. The van der Waals surface area contributed by atoms with Crippen LogP contribution >= 0.6 is 0 Å². The van der Waals surface area contributed by atoms with Crippen LogP contribution in [0.3, 0.4) is 0 Å². The molecule has 0 bridgehead atoms. The summed E-state index contributed by atoms with van der Waals surface area (Å²) in [6, 6.07) is 8.05. The highest BCUT2D eigenvalue weighted by Gasteiger charge is 2.29. The molecule has 1 unspecified atom stereocenters. The Morgan fingerprint density at radius 1 is 1.32 bits per heavy atom. The van der Waals surface area contributed by atoms with Crippen molar-refractivity contribution in [2.24, 2.45) is 0 Å². The molecule has 1 aliphatic rings. The second-order valence-electron chi connectivity index (χ2n) is 7.06. The van der Waals surface area contributed by atoms with E-state index in [1.54, 1.807) is 18.0 Å². The predicted octanol–water partition coefficient (Wildman–Crippen LogP) is 1.20. The lowest BCUT2D eigenvalue weighted by Crippen LogP contribution is -2.39. The van der Waals surface area contributed by atoms with E-state index in [4.69, 9.17) is 4.74 Å². The van der Waals surface area contributed by atoms with Crippen LogP contribution in [0, 0.1) is 6.92 Å². The van der Waals surface area contributed by atoms with Crippen LogP contribution in [-0.2, 0) is 22.5 Å². The minimum absolute atomic E-state index is 0.0719. The van der Waals surface area contributed by atoms with Gasteiger partial charge >= 0.3 is 0 Å². The summed E-state index contributed by atoms with van der Waals surface area (Å²) in [6.07, 6.45) is 3.94. The summed E-state index contributed by atoms with van der Waals surface area (Å²) in [5.41, 5.74) is 2.47. The number of methoxy groups -OCH3 is 1. The van der Waals surface area contributed by atoms with E-state index >= 15 is 0 Å². The number of ether oxygens (including phenoxy) is 1. The number of carbonyl (C=O) groups excluding carboxylic acids is 2. The predicted molar refractivity (Wildman–Crippen MR) is 104 cm³/mol. The second-order valence-corrected chi connectivity index (χ2v) is 7.06. The standard InChI is InChI=1S/C20H27N5O3/c1-15-6-3-4-7-16(15)12-19(26)25-10-5-8-17(25)13-24-14-18(22-23-24)20(27)21-9-11-28-2/h3-4,6-7,14,17H,5,8-13H2,1-2H3,(H,21,27). The molecule has 0 saturated carbocycles. The van der Waals surface area contributed by atoms with Gasteiger partial charge in [-0.25, -0.2) is 4.68 Å². The van der Waals surface area contributed by atoms with E-state index in [1.807, 2.05) is 36.1 Å². The molecule has 3 rings (SSSR count). The van der Waals surface area contributed by atoms with Crippen LogP contribution in [0.1, 0.15) is 34.5 Å². The van der Waals surface area contributed by atoms with E-state index in [2.05, 4.69) is 15.6 Å². The Morgan fingerprint density at radius 3 is 2.93 bits per heavy atom. The van der Waals surface area contributed by atoms with E-state index in [1.165, 1.54) is 0 Å². The number of nitrogens with one attached hydrogen (secondary N) is 1. The van der Waals surface area contributed by atoms with Crippen molar-refractivity contribution in [1.29, 1.82) is 0 Å². The maximum Gasteiger partial charge on any atom is 0.273 e. The second kappa shape index (κ2) is 9.45. The number of aromatic nitrogens is 3. The summed E-state index contributed by atoms with van der Waals surface area (Å²) in [5, 5.41) is 10.7. The van der Waals surface area contributed by atoms with E-state index in [-0.39, 0.29) is 23.6 Å². The molecular formula is C20H27N5O3. The third kappa shape index (κ3) is 4.95. The smallest absolute Gasteiger partial charge is 0.273 e. The first-order chi connectivity index (χ1) is 13.6. The molecule has 28 heavy (non-hydrogen) atoms. The molecule has 1 aliphatic heterocycles. The number of rotatable bonds is 8. The quantitative estimate of drug-likeness (QED) is 0.690. The van der Waals surface area contributed by atoms with Crippen LogP contribution in [0.2, 0.25) is 0 Å². The Balaban J connectivity index is 1.58. The number of benzene rings is 1.